The third kappa shape index (κ3) is 4.46. The van der Waals surface area contributed by atoms with Crippen LogP contribution in [0.2, 0.25) is 0 Å². The van der Waals surface area contributed by atoms with Crippen LogP contribution in [0.5, 0.6) is 5.75 Å². The number of carbonyl (C=O) groups is 1. The molecule has 0 fully saturated rings. The first-order valence-electron chi connectivity index (χ1n) is 9.58. The number of hydrogen-bond acceptors (Lipinski definition) is 4. The molecule has 0 atom stereocenters. The van der Waals surface area contributed by atoms with Gasteiger partial charge in [-0.05, 0) is 55.0 Å². The van der Waals surface area contributed by atoms with Gasteiger partial charge in [0, 0.05) is 17.2 Å². The Morgan fingerprint density at radius 3 is 2.52 bits per heavy atom. The highest BCUT2D eigenvalue weighted by Crippen LogP contribution is 2.25. The van der Waals surface area contributed by atoms with Gasteiger partial charge in [0.2, 0.25) is 0 Å². The number of aromatic nitrogens is 1. The molecule has 3 aromatic carbocycles. The molecule has 0 bridgehead atoms. The number of rotatable bonds is 6. The Bertz CT molecular complexity index is 1130. The van der Waals surface area contributed by atoms with Crippen LogP contribution in [0.25, 0.3) is 22.1 Å². The van der Waals surface area contributed by atoms with Gasteiger partial charge in [-0.25, -0.2) is 0 Å². The standard InChI is InChI=1S/C24H22N2O3/c1-16(2)28-22-11-9-18(10-12-22)24(27)25-15-21-14-23(29-26-21)20-8-7-17-5-3-4-6-19(17)13-20/h3-14,16H,15H2,1-2H3,(H,25,27). The van der Waals surface area contributed by atoms with Crippen molar-refractivity contribution in [3.8, 4) is 17.1 Å². The highest BCUT2D eigenvalue weighted by molar-refractivity contribution is 5.94. The van der Waals surface area contributed by atoms with Gasteiger partial charge in [0.25, 0.3) is 5.91 Å². The second-order valence-corrected chi connectivity index (χ2v) is 7.12. The van der Waals surface area contributed by atoms with Crippen molar-refractivity contribution in [3.05, 3.63) is 84.1 Å². The molecule has 0 spiro atoms. The maximum absolute atomic E-state index is 12.4. The summed E-state index contributed by atoms with van der Waals surface area (Å²) in [5.41, 5.74) is 2.19. The molecule has 0 saturated heterocycles. The highest BCUT2D eigenvalue weighted by Gasteiger charge is 2.10. The Morgan fingerprint density at radius 2 is 1.76 bits per heavy atom. The van der Waals surface area contributed by atoms with E-state index in [0.717, 1.165) is 16.7 Å². The average Bonchev–Trinajstić information content (AvgIpc) is 3.21. The fourth-order valence-electron chi connectivity index (χ4n) is 3.10. The summed E-state index contributed by atoms with van der Waals surface area (Å²) in [5, 5.41) is 9.26. The molecule has 0 saturated carbocycles. The van der Waals surface area contributed by atoms with Gasteiger partial charge in [-0.2, -0.15) is 0 Å². The zero-order valence-electron chi connectivity index (χ0n) is 16.4. The minimum Gasteiger partial charge on any atom is -0.491 e. The van der Waals surface area contributed by atoms with E-state index in [1.165, 1.54) is 5.39 Å². The molecular formula is C24H22N2O3. The Labute approximate surface area is 169 Å². The van der Waals surface area contributed by atoms with Crippen LogP contribution in [-0.2, 0) is 6.54 Å². The van der Waals surface area contributed by atoms with Gasteiger partial charge in [-0.15, -0.1) is 0 Å². The number of ether oxygens (including phenoxy) is 1. The van der Waals surface area contributed by atoms with Crippen LogP contribution in [0.3, 0.4) is 0 Å². The summed E-state index contributed by atoms with van der Waals surface area (Å²) in [4.78, 5) is 12.4. The van der Waals surface area contributed by atoms with Crippen molar-refractivity contribution >= 4 is 16.7 Å². The van der Waals surface area contributed by atoms with Gasteiger partial charge < -0.3 is 14.6 Å². The van der Waals surface area contributed by atoms with Gasteiger partial charge >= 0.3 is 0 Å². The average molecular weight is 386 g/mol. The van der Waals surface area contributed by atoms with Crippen molar-refractivity contribution in [2.45, 2.75) is 26.5 Å². The lowest BCUT2D eigenvalue weighted by molar-refractivity contribution is 0.0950. The van der Waals surface area contributed by atoms with E-state index in [1.807, 2.05) is 38.1 Å². The number of nitrogens with zero attached hydrogens (tertiary/aromatic N) is 1. The third-order valence-electron chi connectivity index (χ3n) is 4.51. The van der Waals surface area contributed by atoms with Crippen LogP contribution >= 0.6 is 0 Å². The van der Waals surface area contributed by atoms with E-state index in [9.17, 15) is 4.79 Å². The molecule has 0 aliphatic heterocycles. The molecule has 4 aromatic rings. The largest absolute Gasteiger partial charge is 0.491 e. The molecule has 0 aliphatic rings. The SMILES string of the molecule is CC(C)Oc1ccc(C(=O)NCc2cc(-c3ccc4ccccc4c3)on2)cc1. The molecule has 4 rings (SSSR count). The van der Waals surface area contributed by atoms with Gasteiger partial charge in [-0.3, -0.25) is 4.79 Å². The highest BCUT2D eigenvalue weighted by atomic mass is 16.5. The number of amides is 1. The summed E-state index contributed by atoms with van der Waals surface area (Å²) < 4.78 is 11.1. The Hall–Kier alpha value is -3.60. The second kappa shape index (κ2) is 8.19. The van der Waals surface area contributed by atoms with Crippen molar-refractivity contribution in [3.63, 3.8) is 0 Å². The monoisotopic (exact) mass is 386 g/mol. The number of carbonyl (C=O) groups excluding carboxylic acids is 1. The second-order valence-electron chi connectivity index (χ2n) is 7.12. The first-order valence-corrected chi connectivity index (χ1v) is 9.58. The molecule has 146 valence electrons. The number of benzene rings is 3. The summed E-state index contributed by atoms with van der Waals surface area (Å²) in [5.74, 6) is 1.25. The van der Waals surface area contributed by atoms with Gasteiger partial charge in [0.1, 0.15) is 11.4 Å². The molecule has 1 N–H and O–H groups in total. The van der Waals surface area contributed by atoms with E-state index in [1.54, 1.807) is 24.3 Å². The van der Waals surface area contributed by atoms with Gasteiger partial charge in [-0.1, -0.05) is 41.6 Å². The maximum Gasteiger partial charge on any atom is 0.251 e. The normalized spacial score (nSPS) is 11.0. The summed E-state index contributed by atoms with van der Waals surface area (Å²) in [6, 6.07) is 23.2. The lowest BCUT2D eigenvalue weighted by Gasteiger charge is -2.10. The van der Waals surface area contributed by atoms with E-state index in [0.29, 0.717) is 23.6 Å². The molecule has 0 aliphatic carbocycles. The molecular weight excluding hydrogens is 364 g/mol. The Morgan fingerprint density at radius 1 is 1.00 bits per heavy atom. The number of fused-ring (bicyclic) bond motifs is 1. The minimum atomic E-state index is -0.170. The lowest BCUT2D eigenvalue weighted by atomic mass is 10.1. The zero-order chi connectivity index (χ0) is 20.2. The van der Waals surface area contributed by atoms with Crippen molar-refractivity contribution in [1.29, 1.82) is 0 Å². The molecule has 0 radical (unpaired) electrons. The van der Waals surface area contributed by atoms with Crippen molar-refractivity contribution < 1.29 is 14.1 Å². The van der Waals surface area contributed by atoms with Crippen LogP contribution in [-0.4, -0.2) is 17.2 Å². The first-order chi connectivity index (χ1) is 14.1. The summed E-state index contributed by atoms with van der Waals surface area (Å²) >= 11 is 0. The Kier molecular flexibility index (Phi) is 5.29. The van der Waals surface area contributed by atoms with E-state index in [2.05, 4.69) is 34.7 Å². The van der Waals surface area contributed by atoms with Crippen LogP contribution in [0, 0.1) is 0 Å². The molecule has 1 amide bonds. The predicted molar refractivity (Wildman–Crippen MR) is 113 cm³/mol. The summed E-state index contributed by atoms with van der Waals surface area (Å²) in [6.45, 7) is 4.22. The molecule has 5 heteroatoms. The molecule has 1 aromatic heterocycles. The molecule has 29 heavy (non-hydrogen) atoms. The molecule has 0 unspecified atom stereocenters. The van der Waals surface area contributed by atoms with Crippen molar-refractivity contribution in [1.82, 2.24) is 10.5 Å². The smallest absolute Gasteiger partial charge is 0.251 e. The van der Waals surface area contributed by atoms with Gasteiger partial charge in [0.05, 0.1) is 12.6 Å². The van der Waals surface area contributed by atoms with E-state index in [-0.39, 0.29) is 12.0 Å². The topological polar surface area (TPSA) is 64.4 Å². The van der Waals surface area contributed by atoms with E-state index < -0.39 is 0 Å². The molecule has 5 nitrogen and oxygen atoms in total. The minimum absolute atomic E-state index is 0.0960. The van der Waals surface area contributed by atoms with E-state index in [4.69, 9.17) is 9.26 Å². The third-order valence-corrected chi connectivity index (χ3v) is 4.51. The van der Waals surface area contributed by atoms with Crippen LogP contribution in [0.15, 0.2) is 77.3 Å². The summed E-state index contributed by atoms with van der Waals surface area (Å²) in [6.07, 6.45) is 0.0960. The van der Waals surface area contributed by atoms with Gasteiger partial charge in [0.15, 0.2) is 5.76 Å². The number of hydrogen-bond donors (Lipinski definition) is 1. The predicted octanol–water partition coefficient (Wildman–Crippen LogP) is 5.21. The van der Waals surface area contributed by atoms with Crippen LogP contribution in [0.4, 0.5) is 0 Å². The van der Waals surface area contributed by atoms with Crippen molar-refractivity contribution in [2.24, 2.45) is 0 Å². The molecule has 1 heterocycles. The summed E-state index contributed by atoms with van der Waals surface area (Å²) in [7, 11) is 0. The van der Waals surface area contributed by atoms with E-state index >= 15 is 0 Å². The zero-order valence-corrected chi connectivity index (χ0v) is 16.4. The fourth-order valence-corrected chi connectivity index (χ4v) is 3.10. The van der Waals surface area contributed by atoms with Crippen molar-refractivity contribution in [2.75, 3.05) is 0 Å². The quantitative estimate of drug-likeness (QED) is 0.494. The Balaban J connectivity index is 1.40. The fraction of sp³-hybridized carbons (Fsp3) is 0.167. The van der Waals surface area contributed by atoms with Crippen LogP contribution < -0.4 is 10.1 Å². The number of nitrogens with one attached hydrogen (secondary N) is 1. The maximum atomic E-state index is 12.4. The van der Waals surface area contributed by atoms with Crippen LogP contribution in [0.1, 0.15) is 29.9 Å². The lowest BCUT2D eigenvalue weighted by Crippen LogP contribution is -2.22. The first kappa shape index (κ1) is 18.7.